The number of fused-ring (bicyclic) bond motifs is 1. The van der Waals surface area contributed by atoms with Gasteiger partial charge >= 0.3 is 12.1 Å². The molecule has 33 heavy (non-hydrogen) atoms. The van der Waals surface area contributed by atoms with E-state index in [4.69, 9.17) is 21.4 Å². The number of hydrogen-bond acceptors (Lipinski definition) is 2. The third-order valence-corrected chi connectivity index (χ3v) is 5.38. The lowest BCUT2D eigenvalue weighted by Crippen LogP contribution is -2.12. The fourth-order valence-electron chi connectivity index (χ4n) is 3.56. The van der Waals surface area contributed by atoms with E-state index in [0.29, 0.717) is 22.4 Å². The van der Waals surface area contributed by atoms with Gasteiger partial charge in [0.05, 0.1) is 17.7 Å². The monoisotopic (exact) mass is 477 g/mol. The SMILES string of the molecule is O=C(O)c1ccc2c(ccn2Cc2cc(Cl)ccc2OCc2ccc(F)cc2C(F)(F)F)c1. The minimum absolute atomic E-state index is 0.159. The summed E-state index contributed by atoms with van der Waals surface area (Å²) in [5.74, 6) is -1.70. The second-order valence-electron chi connectivity index (χ2n) is 7.36. The molecule has 1 N–H and O–H groups in total. The van der Waals surface area contributed by atoms with Crippen molar-refractivity contribution in [1.29, 1.82) is 0 Å². The summed E-state index contributed by atoms with van der Waals surface area (Å²) in [4.78, 5) is 11.2. The molecular formula is C24H16ClF4NO3. The van der Waals surface area contributed by atoms with Gasteiger partial charge in [-0.25, -0.2) is 9.18 Å². The van der Waals surface area contributed by atoms with E-state index >= 15 is 0 Å². The molecule has 0 spiro atoms. The number of carboxylic acids is 1. The van der Waals surface area contributed by atoms with Crippen LogP contribution in [0.2, 0.25) is 5.02 Å². The molecule has 0 unspecified atom stereocenters. The van der Waals surface area contributed by atoms with Crippen LogP contribution in [0.3, 0.4) is 0 Å². The lowest BCUT2D eigenvalue weighted by atomic mass is 10.1. The van der Waals surface area contributed by atoms with Crippen LogP contribution in [0.4, 0.5) is 17.6 Å². The van der Waals surface area contributed by atoms with Crippen molar-refractivity contribution >= 4 is 28.5 Å². The molecule has 0 saturated heterocycles. The fourth-order valence-corrected chi connectivity index (χ4v) is 3.76. The van der Waals surface area contributed by atoms with Crippen molar-refractivity contribution in [3.63, 3.8) is 0 Å². The summed E-state index contributed by atoms with van der Waals surface area (Å²) >= 11 is 6.13. The number of alkyl halides is 3. The predicted octanol–water partition coefficient (Wildman–Crippen LogP) is 6.78. The van der Waals surface area contributed by atoms with E-state index in [1.54, 1.807) is 42.6 Å². The Kier molecular flexibility index (Phi) is 6.03. The van der Waals surface area contributed by atoms with Gasteiger partial charge in [-0.2, -0.15) is 13.2 Å². The molecule has 0 aliphatic heterocycles. The lowest BCUT2D eigenvalue weighted by molar-refractivity contribution is -0.138. The second-order valence-corrected chi connectivity index (χ2v) is 7.80. The summed E-state index contributed by atoms with van der Waals surface area (Å²) in [6.07, 6.45) is -2.95. The average molecular weight is 478 g/mol. The van der Waals surface area contributed by atoms with Crippen molar-refractivity contribution in [2.24, 2.45) is 0 Å². The Balaban J connectivity index is 1.62. The molecule has 1 aromatic heterocycles. The molecule has 3 aromatic carbocycles. The van der Waals surface area contributed by atoms with Crippen LogP contribution >= 0.6 is 11.6 Å². The van der Waals surface area contributed by atoms with E-state index < -0.39 is 30.1 Å². The summed E-state index contributed by atoms with van der Waals surface area (Å²) in [5.41, 5.74) is 0.245. The maximum absolute atomic E-state index is 13.4. The fraction of sp³-hybridized carbons (Fsp3) is 0.125. The maximum Gasteiger partial charge on any atom is 0.416 e. The van der Waals surface area contributed by atoms with Crippen LogP contribution in [0.5, 0.6) is 5.75 Å². The first-order valence-corrected chi connectivity index (χ1v) is 10.1. The van der Waals surface area contributed by atoms with E-state index in [0.717, 1.165) is 23.0 Å². The minimum atomic E-state index is -4.72. The molecule has 4 rings (SSSR count). The van der Waals surface area contributed by atoms with Crippen molar-refractivity contribution < 1.29 is 32.2 Å². The smallest absolute Gasteiger partial charge is 0.416 e. The van der Waals surface area contributed by atoms with Crippen LogP contribution in [0, 0.1) is 5.82 Å². The number of nitrogens with zero attached hydrogens (tertiary/aromatic N) is 1. The second kappa shape index (κ2) is 8.78. The standard InChI is InChI=1S/C24H16ClF4NO3/c25-18-3-6-22(33-13-16-1-4-19(26)11-20(16)24(27,28)29)17(10-18)12-30-8-7-14-9-15(23(31)32)2-5-21(14)30/h1-11H,12-13H2,(H,31,32). The summed E-state index contributed by atoms with van der Waals surface area (Å²) in [5, 5.41) is 10.3. The maximum atomic E-state index is 13.4. The molecule has 0 amide bonds. The number of benzene rings is 3. The minimum Gasteiger partial charge on any atom is -0.489 e. The Morgan fingerprint density at radius 2 is 1.79 bits per heavy atom. The topological polar surface area (TPSA) is 51.5 Å². The van der Waals surface area contributed by atoms with Crippen molar-refractivity contribution in [3.05, 3.63) is 100.0 Å². The van der Waals surface area contributed by atoms with E-state index in [2.05, 4.69) is 0 Å². The molecular weight excluding hydrogens is 462 g/mol. The highest BCUT2D eigenvalue weighted by Crippen LogP contribution is 2.34. The number of aromatic nitrogens is 1. The Hall–Kier alpha value is -3.52. The zero-order chi connectivity index (χ0) is 23.8. The molecule has 0 aliphatic carbocycles. The highest BCUT2D eigenvalue weighted by atomic mass is 35.5. The Morgan fingerprint density at radius 1 is 1.00 bits per heavy atom. The van der Waals surface area contributed by atoms with Crippen LogP contribution in [0.15, 0.2) is 66.9 Å². The van der Waals surface area contributed by atoms with Crippen LogP contribution in [-0.4, -0.2) is 15.6 Å². The van der Waals surface area contributed by atoms with Gasteiger partial charge in [0.2, 0.25) is 0 Å². The number of halogens is 5. The van der Waals surface area contributed by atoms with Crippen LogP contribution in [-0.2, 0) is 19.3 Å². The van der Waals surface area contributed by atoms with E-state index in [9.17, 15) is 22.4 Å². The first-order chi connectivity index (χ1) is 15.6. The van der Waals surface area contributed by atoms with Crippen molar-refractivity contribution in [3.8, 4) is 5.75 Å². The highest BCUT2D eigenvalue weighted by molar-refractivity contribution is 6.30. The zero-order valence-electron chi connectivity index (χ0n) is 16.9. The Bertz CT molecular complexity index is 1350. The van der Waals surface area contributed by atoms with Crippen LogP contribution in [0.25, 0.3) is 10.9 Å². The number of rotatable bonds is 6. The third-order valence-electron chi connectivity index (χ3n) is 5.14. The highest BCUT2D eigenvalue weighted by Gasteiger charge is 2.34. The average Bonchev–Trinajstić information content (AvgIpc) is 3.15. The first-order valence-electron chi connectivity index (χ1n) is 9.71. The number of ether oxygens (including phenoxy) is 1. The van der Waals surface area contributed by atoms with Crippen molar-refractivity contribution in [1.82, 2.24) is 4.57 Å². The molecule has 0 fully saturated rings. The first kappa shape index (κ1) is 22.7. The van der Waals surface area contributed by atoms with Gasteiger partial charge in [-0.3, -0.25) is 0 Å². The molecule has 1 heterocycles. The predicted molar refractivity (Wildman–Crippen MR) is 115 cm³/mol. The number of carboxylic acid groups (broad SMARTS) is 1. The molecule has 0 radical (unpaired) electrons. The number of carbonyl (C=O) groups is 1. The zero-order valence-corrected chi connectivity index (χ0v) is 17.6. The van der Waals surface area contributed by atoms with Crippen LogP contribution < -0.4 is 4.74 Å². The summed E-state index contributed by atoms with van der Waals surface area (Å²) < 4.78 is 60.8. The van der Waals surface area contributed by atoms with E-state index in [-0.39, 0.29) is 17.7 Å². The molecule has 4 nitrogen and oxygen atoms in total. The van der Waals surface area contributed by atoms with E-state index in [1.165, 1.54) is 6.07 Å². The molecule has 170 valence electrons. The largest absolute Gasteiger partial charge is 0.489 e. The molecule has 0 saturated carbocycles. The van der Waals surface area contributed by atoms with Crippen molar-refractivity contribution in [2.45, 2.75) is 19.3 Å². The van der Waals surface area contributed by atoms with Crippen molar-refractivity contribution in [2.75, 3.05) is 0 Å². The Morgan fingerprint density at radius 3 is 2.52 bits per heavy atom. The van der Waals surface area contributed by atoms with Gasteiger partial charge in [0.15, 0.2) is 0 Å². The molecule has 0 aliphatic rings. The molecule has 0 atom stereocenters. The number of hydrogen-bond donors (Lipinski definition) is 1. The summed E-state index contributed by atoms with van der Waals surface area (Å²) in [7, 11) is 0. The van der Waals surface area contributed by atoms with Crippen LogP contribution in [0.1, 0.15) is 27.0 Å². The Labute approximate surface area is 190 Å². The van der Waals surface area contributed by atoms with E-state index in [1.807, 2.05) is 4.57 Å². The van der Waals surface area contributed by atoms with Gasteiger partial charge in [0.25, 0.3) is 0 Å². The van der Waals surface area contributed by atoms with Gasteiger partial charge in [0, 0.05) is 33.2 Å². The lowest BCUT2D eigenvalue weighted by Gasteiger charge is -2.16. The van der Waals surface area contributed by atoms with Gasteiger partial charge in [0.1, 0.15) is 18.2 Å². The van der Waals surface area contributed by atoms with Gasteiger partial charge in [-0.1, -0.05) is 17.7 Å². The van der Waals surface area contributed by atoms with Gasteiger partial charge < -0.3 is 14.4 Å². The third kappa shape index (κ3) is 4.96. The molecule has 9 heteroatoms. The quantitative estimate of drug-likeness (QED) is 0.311. The normalized spacial score (nSPS) is 11.7. The summed E-state index contributed by atoms with van der Waals surface area (Å²) in [6.45, 7) is -0.139. The molecule has 4 aromatic rings. The van der Waals surface area contributed by atoms with Gasteiger partial charge in [-0.05, 0) is 54.6 Å². The molecule has 0 bridgehead atoms. The summed E-state index contributed by atoms with van der Waals surface area (Å²) in [6, 6.07) is 13.7. The number of aromatic carboxylic acids is 1. The van der Waals surface area contributed by atoms with Gasteiger partial charge in [-0.15, -0.1) is 0 Å².